The Balaban J connectivity index is 1.49. The van der Waals surface area contributed by atoms with Crippen LogP contribution >= 0.6 is 23.4 Å². The Morgan fingerprint density at radius 1 is 0.979 bits per heavy atom. The molecular formula is C37H42ClN7O2S. The van der Waals surface area contributed by atoms with Crippen LogP contribution in [0.15, 0.2) is 101 Å². The van der Waals surface area contributed by atoms with Gasteiger partial charge in [0.2, 0.25) is 11.8 Å². The topological polar surface area (TPSA) is 156 Å². The van der Waals surface area contributed by atoms with Gasteiger partial charge in [0.1, 0.15) is 11.1 Å². The molecule has 8 N–H and O–H groups in total. The molecule has 5 rings (SSSR count). The molecule has 0 saturated heterocycles. The highest BCUT2D eigenvalue weighted by Gasteiger charge is 2.31. The average Bonchev–Trinajstić information content (AvgIpc) is 3.53. The second-order valence-electron chi connectivity index (χ2n) is 11.7. The van der Waals surface area contributed by atoms with E-state index in [1.165, 1.54) is 16.7 Å². The van der Waals surface area contributed by atoms with Crippen LogP contribution in [0.25, 0.3) is 22.0 Å². The van der Waals surface area contributed by atoms with Crippen molar-refractivity contribution in [3.05, 3.63) is 113 Å². The SMILES string of the molecule is CN(C(=O)[C@@H](N)CCCCN)[C@@H](Cc1c[nH]c2ccccc12)C(=O)NCc1c(-c2ccccc2)ccc(Cl)c1Sc1ncccc1CN. The van der Waals surface area contributed by atoms with Crippen LogP contribution in [0.3, 0.4) is 0 Å². The first-order valence-electron chi connectivity index (χ1n) is 16.1. The lowest BCUT2D eigenvalue weighted by molar-refractivity contribution is -0.140. The minimum absolute atomic E-state index is 0.158. The van der Waals surface area contributed by atoms with Gasteiger partial charge < -0.3 is 32.4 Å². The lowest BCUT2D eigenvalue weighted by Gasteiger charge is -2.30. The maximum Gasteiger partial charge on any atom is 0.243 e. The summed E-state index contributed by atoms with van der Waals surface area (Å²) in [6.45, 7) is 1.01. The number of rotatable bonds is 15. The number of hydrogen-bond acceptors (Lipinski definition) is 7. The van der Waals surface area contributed by atoms with Crippen molar-refractivity contribution in [3.8, 4) is 11.1 Å². The molecule has 9 nitrogen and oxygen atoms in total. The highest BCUT2D eigenvalue weighted by atomic mass is 35.5. The number of carbonyl (C=O) groups excluding carboxylic acids is 2. The maximum atomic E-state index is 14.3. The molecule has 2 aromatic heterocycles. The van der Waals surface area contributed by atoms with Crippen LogP contribution in [0.4, 0.5) is 0 Å². The van der Waals surface area contributed by atoms with E-state index in [0.29, 0.717) is 31.0 Å². The van der Waals surface area contributed by atoms with E-state index in [-0.39, 0.29) is 18.4 Å². The minimum atomic E-state index is -0.827. The summed E-state index contributed by atoms with van der Waals surface area (Å²) in [5, 5.41) is 5.43. The molecule has 0 aliphatic heterocycles. The predicted molar refractivity (Wildman–Crippen MR) is 194 cm³/mol. The Morgan fingerprint density at radius 3 is 2.52 bits per heavy atom. The van der Waals surface area contributed by atoms with Crippen molar-refractivity contribution in [2.45, 2.75) is 60.8 Å². The largest absolute Gasteiger partial charge is 0.361 e. The number of nitrogens with one attached hydrogen (secondary N) is 2. The smallest absolute Gasteiger partial charge is 0.243 e. The summed E-state index contributed by atoms with van der Waals surface area (Å²) >= 11 is 8.29. The molecule has 0 aliphatic carbocycles. The monoisotopic (exact) mass is 683 g/mol. The van der Waals surface area contributed by atoms with E-state index in [1.807, 2.05) is 85.1 Å². The molecule has 0 radical (unpaired) electrons. The molecule has 2 amide bonds. The molecule has 2 atom stereocenters. The zero-order valence-electron chi connectivity index (χ0n) is 27.0. The van der Waals surface area contributed by atoms with Crippen LogP contribution in [-0.2, 0) is 29.1 Å². The summed E-state index contributed by atoms with van der Waals surface area (Å²) in [6.07, 6.45) is 5.91. The molecule has 0 fully saturated rings. The fraction of sp³-hybridized carbons (Fsp3) is 0.270. The molecule has 11 heteroatoms. The van der Waals surface area contributed by atoms with Crippen molar-refractivity contribution in [3.63, 3.8) is 0 Å². The number of pyridine rings is 1. The quantitative estimate of drug-likeness (QED) is 0.0895. The number of hydrogen-bond donors (Lipinski definition) is 5. The van der Waals surface area contributed by atoms with Crippen molar-refractivity contribution in [1.82, 2.24) is 20.2 Å². The number of amides is 2. The van der Waals surface area contributed by atoms with Gasteiger partial charge in [-0.05, 0) is 65.4 Å². The first kappa shape index (κ1) is 35.1. The average molecular weight is 684 g/mol. The number of halogens is 1. The van der Waals surface area contributed by atoms with Crippen molar-refractivity contribution in [2.75, 3.05) is 13.6 Å². The van der Waals surface area contributed by atoms with Gasteiger partial charge in [0.25, 0.3) is 0 Å². The molecule has 250 valence electrons. The molecular weight excluding hydrogens is 642 g/mol. The Kier molecular flexibility index (Phi) is 12.3. The van der Waals surface area contributed by atoms with Gasteiger partial charge in [0.15, 0.2) is 0 Å². The highest BCUT2D eigenvalue weighted by molar-refractivity contribution is 7.99. The van der Waals surface area contributed by atoms with E-state index in [9.17, 15) is 9.59 Å². The number of unbranched alkanes of at least 4 members (excludes halogenated alkanes) is 1. The van der Waals surface area contributed by atoms with E-state index < -0.39 is 12.1 Å². The van der Waals surface area contributed by atoms with E-state index in [2.05, 4.69) is 15.3 Å². The van der Waals surface area contributed by atoms with Crippen LogP contribution in [0, 0.1) is 0 Å². The zero-order chi connectivity index (χ0) is 34.0. The molecule has 0 aliphatic rings. The van der Waals surface area contributed by atoms with Gasteiger partial charge >= 0.3 is 0 Å². The van der Waals surface area contributed by atoms with Crippen LogP contribution in [0.1, 0.15) is 36.0 Å². The van der Waals surface area contributed by atoms with Crippen LogP contribution in [0.2, 0.25) is 5.02 Å². The van der Waals surface area contributed by atoms with Crippen molar-refractivity contribution in [2.24, 2.45) is 17.2 Å². The lowest BCUT2D eigenvalue weighted by Crippen LogP contribution is -2.53. The van der Waals surface area contributed by atoms with E-state index in [0.717, 1.165) is 61.5 Å². The fourth-order valence-electron chi connectivity index (χ4n) is 5.80. The number of H-pyrrole nitrogens is 1. The predicted octanol–water partition coefficient (Wildman–Crippen LogP) is 5.64. The number of aromatic nitrogens is 2. The highest BCUT2D eigenvalue weighted by Crippen LogP contribution is 2.41. The third-order valence-electron chi connectivity index (χ3n) is 8.50. The molecule has 3 aromatic carbocycles. The Labute approximate surface area is 290 Å². The molecule has 48 heavy (non-hydrogen) atoms. The minimum Gasteiger partial charge on any atom is -0.361 e. The van der Waals surface area contributed by atoms with Crippen molar-refractivity contribution >= 4 is 46.1 Å². The first-order valence-corrected chi connectivity index (χ1v) is 17.3. The molecule has 2 heterocycles. The Bertz CT molecular complexity index is 1850. The number of carbonyl (C=O) groups is 2. The van der Waals surface area contributed by atoms with Crippen molar-refractivity contribution in [1.29, 1.82) is 0 Å². The summed E-state index contributed by atoms with van der Waals surface area (Å²) < 4.78 is 0. The number of fused-ring (bicyclic) bond motifs is 1. The number of likely N-dealkylation sites (N-methyl/N-ethyl adjacent to an activating group) is 1. The van der Waals surface area contributed by atoms with Crippen LogP contribution < -0.4 is 22.5 Å². The zero-order valence-corrected chi connectivity index (χ0v) is 28.6. The number of nitrogens with two attached hydrogens (primary N) is 3. The summed E-state index contributed by atoms with van der Waals surface area (Å²) in [6, 6.07) is 23.9. The summed E-state index contributed by atoms with van der Waals surface area (Å²) in [5.74, 6) is -0.596. The van der Waals surface area contributed by atoms with Gasteiger partial charge in [-0.1, -0.05) is 90.4 Å². The number of para-hydroxylation sites is 1. The second kappa shape index (κ2) is 16.8. The Hall–Kier alpha value is -4.19. The summed E-state index contributed by atoms with van der Waals surface area (Å²) in [5.41, 5.74) is 23.5. The van der Waals surface area contributed by atoms with Gasteiger partial charge in [0, 0.05) is 54.8 Å². The van der Waals surface area contributed by atoms with Crippen LogP contribution in [0.5, 0.6) is 0 Å². The third-order valence-corrected chi connectivity index (χ3v) is 10.2. The third kappa shape index (κ3) is 8.26. The normalized spacial score (nSPS) is 12.5. The number of aromatic amines is 1. The van der Waals surface area contributed by atoms with Gasteiger partial charge in [-0.3, -0.25) is 9.59 Å². The van der Waals surface area contributed by atoms with Gasteiger partial charge in [-0.25, -0.2) is 4.98 Å². The van der Waals surface area contributed by atoms with Crippen molar-refractivity contribution < 1.29 is 9.59 Å². The van der Waals surface area contributed by atoms with Crippen LogP contribution in [-0.4, -0.2) is 52.4 Å². The molecule has 0 saturated carbocycles. The molecule has 0 unspecified atom stereocenters. The second-order valence-corrected chi connectivity index (χ2v) is 13.1. The number of nitrogens with zero attached hydrogens (tertiary/aromatic N) is 2. The summed E-state index contributed by atoms with van der Waals surface area (Å²) in [4.78, 5) is 38.0. The molecule has 5 aromatic rings. The fourth-order valence-corrected chi connectivity index (χ4v) is 7.15. The van der Waals surface area contributed by atoms with Gasteiger partial charge in [0.05, 0.1) is 11.1 Å². The summed E-state index contributed by atoms with van der Waals surface area (Å²) in [7, 11) is 1.65. The molecule has 0 bridgehead atoms. The Morgan fingerprint density at radius 2 is 1.75 bits per heavy atom. The molecule has 0 spiro atoms. The van der Waals surface area contributed by atoms with E-state index in [1.54, 1.807) is 13.2 Å². The van der Waals surface area contributed by atoms with Gasteiger partial charge in [-0.15, -0.1) is 0 Å². The number of benzene rings is 3. The lowest BCUT2D eigenvalue weighted by atomic mass is 9.98. The van der Waals surface area contributed by atoms with Gasteiger partial charge in [-0.2, -0.15) is 0 Å². The maximum absolute atomic E-state index is 14.3. The van der Waals surface area contributed by atoms with E-state index >= 15 is 0 Å². The van der Waals surface area contributed by atoms with E-state index in [4.69, 9.17) is 28.8 Å². The first-order chi connectivity index (χ1) is 23.3. The standard InChI is InChI=1S/C37H42ClN7O2S/c1-45(37(47)31(41)14-7-8-18-39)33(20-26-22-43-32-15-6-5-13-28(26)32)35(46)44-23-29-27(24-10-3-2-4-11-24)16-17-30(38)34(29)48-36-25(21-40)12-9-19-42-36/h2-6,9-13,15-17,19,22,31,33,43H,7-8,14,18,20-21,23,39-41H2,1H3,(H,44,46)/t31-,33-/m0/s1.